The summed E-state index contributed by atoms with van der Waals surface area (Å²) in [6.45, 7) is 11.7. The molecule has 0 unspecified atom stereocenters. The summed E-state index contributed by atoms with van der Waals surface area (Å²) in [5, 5.41) is 2.80. The Bertz CT molecular complexity index is 828. The molecule has 2 rings (SSSR count). The summed E-state index contributed by atoms with van der Waals surface area (Å²) >= 11 is 0. The molecule has 168 valence electrons. The van der Waals surface area contributed by atoms with Crippen molar-refractivity contribution in [3.63, 3.8) is 0 Å². The van der Waals surface area contributed by atoms with Crippen LogP contribution in [0.15, 0.2) is 29.7 Å². The molecular weight excluding hydrogens is 397 g/mol. The van der Waals surface area contributed by atoms with Gasteiger partial charge in [-0.05, 0) is 45.7 Å². The second kappa shape index (κ2) is 10.2. The normalized spacial score (nSPS) is 17.4. The first-order chi connectivity index (χ1) is 14.4. The van der Waals surface area contributed by atoms with Gasteiger partial charge in [0, 0.05) is 25.5 Å². The number of hydrogen-bond acceptors (Lipinski definition) is 6. The zero-order chi connectivity index (χ0) is 23.2. The van der Waals surface area contributed by atoms with Crippen LogP contribution >= 0.6 is 0 Å². The van der Waals surface area contributed by atoms with E-state index in [0.717, 1.165) is 11.0 Å². The fourth-order valence-electron chi connectivity index (χ4n) is 3.00. The van der Waals surface area contributed by atoms with Crippen molar-refractivity contribution in [3.05, 3.63) is 40.9 Å². The summed E-state index contributed by atoms with van der Waals surface area (Å²) < 4.78 is 17.1. The average Bonchev–Trinajstić information content (AvgIpc) is 2.91. The summed E-state index contributed by atoms with van der Waals surface area (Å²) in [4.78, 5) is 35.2. The number of hydrogen-bond donors (Lipinski definition) is 1. The monoisotopic (exact) mass is 429 g/mol. The van der Waals surface area contributed by atoms with Gasteiger partial charge in [0.2, 0.25) is 5.91 Å². The molecule has 0 radical (unpaired) electrons. The van der Waals surface area contributed by atoms with Gasteiger partial charge in [0.1, 0.15) is 0 Å². The minimum absolute atomic E-state index is 0.0666. The van der Waals surface area contributed by atoms with Gasteiger partial charge in [0.05, 0.1) is 24.2 Å². The lowest BCUT2D eigenvalue weighted by atomic mass is 9.77. The van der Waals surface area contributed by atoms with Gasteiger partial charge in [-0.1, -0.05) is 30.3 Å². The quantitative estimate of drug-likeness (QED) is 0.368. The van der Waals surface area contributed by atoms with Gasteiger partial charge >= 0.3 is 13.1 Å². The summed E-state index contributed by atoms with van der Waals surface area (Å²) in [7, 11) is -0.595. The first-order valence-corrected chi connectivity index (χ1v) is 10.5. The summed E-state index contributed by atoms with van der Waals surface area (Å²) in [6.07, 6.45) is 2.07. The summed E-state index contributed by atoms with van der Waals surface area (Å²) in [5.41, 5.74) is 1.15. The van der Waals surface area contributed by atoms with Crippen LogP contribution in [-0.4, -0.2) is 49.1 Å². The van der Waals surface area contributed by atoms with Crippen molar-refractivity contribution in [1.29, 1.82) is 0 Å². The average molecular weight is 429 g/mol. The van der Waals surface area contributed by atoms with Gasteiger partial charge in [0.25, 0.3) is 0 Å². The lowest BCUT2D eigenvalue weighted by molar-refractivity contribution is -0.143. The first kappa shape index (κ1) is 24.8. The number of carbonyl (C=O) groups is 3. The smallest absolute Gasteiger partial charge is 0.466 e. The van der Waals surface area contributed by atoms with E-state index in [9.17, 15) is 14.4 Å². The van der Waals surface area contributed by atoms with E-state index < -0.39 is 18.3 Å². The van der Waals surface area contributed by atoms with E-state index in [-0.39, 0.29) is 37.0 Å². The maximum Gasteiger partial charge on any atom is 0.492 e. The molecule has 1 aromatic carbocycles. The Kier molecular flexibility index (Phi) is 8.20. The molecule has 1 amide bonds. The Morgan fingerprint density at radius 3 is 2.13 bits per heavy atom. The molecule has 1 fully saturated rings. The number of Topliss-reactive ketones (excluding diaryl/α,β-unsaturated/α-hetero) is 1. The maximum atomic E-state index is 12.3. The van der Waals surface area contributed by atoms with Crippen molar-refractivity contribution in [2.75, 3.05) is 13.2 Å². The van der Waals surface area contributed by atoms with E-state index >= 15 is 0 Å². The number of esters is 1. The predicted molar refractivity (Wildman–Crippen MR) is 119 cm³/mol. The van der Waals surface area contributed by atoms with Gasteiger partial charge in [-0.2, -0.15) is 0 Å². The van der Waals surface area contributed by atoms with E-state index in [1.54, 1.807) is 19.1 Å². The van der Waals surface area contributed by atoms with Crippen LogP contribution in [0.4, 0.5) is 0 Å². The van der Waals surface area contributed by atoms with Gasteiger partial charge in [-0.25, -0.2) is 0 Å². The topological polar surface area (TPSA) is 90.9 Å². The molecule has 31 heavy (non-hydrogen) atoms. The number of ether oxygens (including phenoxy) is 1. The van der Waals surface area contributed by atoms with Crippen molar-refractivity contribution in [3.8, 4) is 0 Å². The highest BCUT2D eigenvalue weighted by Gasteiger charge is 2.52. The SMILES string of the molecule is CCOC(=O)CCC(=O)c1ccc(C=C(CNC(C)=O)B2OC(C)(C)C(C)(C)O2)cc1. The van der Waals surface area contributed by atoms with Crippen LogP contribution in [-0.2, 0) is 23.6 Å². The van der Waals surface area contributed by atoms with Gasteiger partial charge < -0.3 is 19.4 Å². The maximum absolute atomic E-state index is 12.3. The molecular formula is C23H32BNO6. The largest absolute Gasteiger partial charge is 0.492 e. The van der Waals surface area contributed by atoms with Gasteiger partial charge in [0.15, 0.2) is 5.78 Å². The van der Waals surface area contributed by atoms with Gasteiger partial charge in [-0.15, -0.1) is 0 Å². The molecule has 0 aliphatic carbocycles. The minimum Gasteiger partial charge on any atom is -0.466 e. The van der Waals surface area contributed by atoms with E-state index in [1.165, 1.54) is 6.92 Å². The molecule has 0 atom stereocenters. The standard InChI is InChI=1S/C23H32BNO6/c1-7-29-21(28)13-12-20(27)18-10-8-17(9-11-18)14-19(15-25-16(2)26)24-30-22(3,4)23(5,6)31-24/h8-11,14H,7,12-13,15H2,1-6H3,(H,25,26). The Morgan fingerprint density at radius 2 is 1.61 bits per heavy atom. The van der Waals surface area contributed by atoms with Crippen LogP contribution in [0.3, 0.4) is 0 Å². The Labute approximate surface area is 184 Å². The third kappa shape index (κ3) is 6.77. The van der Waals surface area contributed by atoms with E-state index in [2.05, 4.69) is 5.32 Å². The number of ketones is 1. The molecule has 0 aromatic heterocycles. The molecule has 0 spiro atoms. The Hall–Kier alpha value is -2.45. The van der Waals surface area contributed by atoms with Crippen molar-refractivity contribution in [2.24, 2.45) is 0 Å². The van der Waals surface area contributed by atoms with E-state index in [1.807, 2.05) is 45.9 Å². The van der Waals surface area contributed by atoms with Crippen LogP contribution in [0.2, 0.25) is 0 Å². The predicted octanol–water partition coefficient (Wildman–Crippen LogP) is 3.36. The number of nitrogens with one attached hydrogen (secondary N) is 1. The highest BCUT2D eigenvalue weighted by Crippen LogP contribution is 2.38. The zero-order valence-corrected chi connectivity index (χ0v) is 19.2. The molecule has 8 heteroatoms. The lowest BCUT2D eigenvalue weighted by Crippen LogP contribution is -2.41. The number of rotatable bonds is 9. The highest BCUT2D eigenvalue weighted by molar-refractivity contribution is 6.56. The molecule has 7 nitrogen and oxygen atoms in total. The van der Waals surface area contributed by atoms with Crippen LogP contribution in [0.5, 0.6) is 0 Å². The summed E-state index contributed by atoms with van der Waals surface area (Å²) in [6, 6.07) is 7.08. The third-order valence-electron chi connectivity index (χ3n) is 5.54. The molecule has 1 saturated heterocycles. The van der Waals surface area contributed by atoms with E-state index in [0.29, 0.717) is 12.2 Å². The second-order valence-electron chi connectivity index (χ2n) is 8.57. The second-order valence-corrected chi connectivity index (χ2v) is 8.57. The molecule has 1 N–H and O–H groups in total. The lowest BCUT2D eigenvalue weighted by Gasteiger charge is -2.32. The van der Waals surface area contributed by atoms with Crippen molar-refractivity contribution in [1.82, 2.24) is 5.32 Å². The van der Waals surface area contributed by atoms with Crippen LogP contribution in [0, 0.1) is 0 Å². The van der Waals surface area contributed by atoms with Crippen LogP contribution in [0.25, 0.3) is 6.08 Å². The van der Waals surface area contributed by atoms with Crippen LogP contribution < -0.4 is 5.32 Å². The number of carbonyl (C=O) groups excluding carboxylic acids is 3. The number of amides is 1. The molecule has 1 aromatic rings. The van der Waals surface area contributed by atoms with Crippen molar-refractivity contribution in [2.45, 2.75) is 65.6 Å². The first-order valence-electron chi connectivity index (χ1n) is 10.5. The highest BCUT2D eigenvalue weighted by atomic mass is 16.7. The molecule has 1 aliphatic rings. The number of benzene rings is 1. The van der Waals surface area contributed by atoms with Gasteiger partial charge in [-0.3, -0.25) is 14.4 Å². The third-order valence-corrected chi connectivity index (χ3v) is 5.54. The fraction of sp³-hybridized carbons (Fsp3) is 0.522. The summed E-state index contributed by atoms with van der Waals surface area (Å²) in [5.74, 6) is -0.640. The van der Waals surface area contributed by atoms with Crippen LogP contribution in [0.1, 0.15) is 70.3 Å². The molecule has 1 aliphatic heterocycles. The molecule has 0 saturated carbocycles. The zero-order valence-electron chi connectivity index (χ0n) is 19.2. The minimum atomic E-state index is -0.595. The molecule has 1 heterocycles. The fourth-order valence-corrected chi connectivity index (χ4v) is 3.00. The van der Waals surface area contributed by atoms with Crippen molar-refractivity contribution >= 4 is 30.9 Å². The molecule has 0 bridgehead atoms. The van der Waals surface area contributed by atoms with Crippen molar-refractivity contribution < 1.29 is 28.4 Å². The van der Waals surface area contributed by atoms with E-state index in [4.69, 9.17) is 14.0 Å². The Balaban J connectivity index is 2.15. The Morgan fingerprint density at radius 1 is 1.03 bits per heavy atom.